The molecule has 0 aromatic heterocycles. The molecule has 2 amide bonds. The topological polar surface area (TPSA) is 41.1 Å². The summed E-state index contributed by atoms with van der Waals surface area (Å²) in [6, 6.07) is 5.22. The van der Waals surface area contributed by atoms with Crippen molar-refractivity contribution in [2.75, 3.05) is 13.2 Å². The summed E-state index contributed by atoms with van der Waals surface area (Å²) in [6.07, 6.45) is 0. The van der Waals surface area contributed by atoms with Gasteiger partial charge in [0.05, 0.1) is 0 Å². The van der Waals surface area contributed by atoms with Gasteiger partial charge >= 0.3 is 6.03 Å². The minimum Gasteiger partial charge on any atom is -0.336 e. The maximum absolute atomic E-state index is 11.8. The Morgan fingerprint density at radius 2 is 2.19 bits per heavy atom. The van der Waals surface area contributed by atoms with Crippen molar-refractivity contribution in [1.29, 1.82) is 0 Å². The van der Waals surface area contributed by atoms with Gasteiger partial charge in [0.2, 0.25) is 0 Å². The number of halogens is 2. The third kappa shape index (κ3) is 3.70. The highest BCUT2D eigenvalue weighted by Gasteiger charge is 2.04. The van der Waals surface area contributed by atoms with Gasteiger partial charge in [-0.25, -0.2) is 9.18 Å². The third-order valence-electron chi connectivity index (χ3n) is 2.09. The van der Waals surface area contributed by atoms with Gasteiger partial charge in [0.1, 0.15) is 6.67 Å². The van der Waals surface area contributed by atoms with Crippen LogP contribution in [-0.4, -0.2) is 19.3 Å². The van der Waals surface area contributed by atoms with Crippen LogP contribution in [0.2, 0.25) is 5.02 Å². The van der Waals surface area contributed by atoms with E-state index in [-0.39, 0.29) is 6.54 Å². The average Bonchev–Trinajstić information content (AvgIpc) is 2.28. The molecule has 0 saturated carbocycles. The highest BCUT2D eigenvalue weighted by molar-refractivity contribution is 6.32. The van der Waals surface area contributed by atoms with Gasteiger partial charge < -0.3 is 10.6 Å². The van der Waals surface area contributed by atoms with Crippen LogP contribution in [-0.2, 0) is 6.54 Å². The summed E-state index contributed by atoms with van der Waals surface area (Å²) in [7, 11) is 0. The van der Waals surface area contributed by atoms with Gasteiger partial charge in [-0.1, -0.05) is 29.8 Å². The molecule has 0 aliphatic rings. The standard InChI is InChI=1S/C11H14ClFN2O/c1-8-3-2-4-9(10(8)12)7-15-11(16)14-6-5-13/h2-4H,5-7H2,1H3,(H2,14,15,16). The van der Waals surface area contributed by atoms with E-state index >= 15 is 0 Å². The summed E-state index contributed by atoms with van der Waals surface area (Å²) in [5.74, 6) is 0. The molecule has 1 aromatic rings. The SMILES string of the molecule is Cc1cccc(CNC(=O)NCCF)c1Cl. The Hall–Kier alpha value is -1.29. The number of carbonyl (C=O) groups excluding carboxylic acids is 1. The van der Waals surface area contributed by atoms with Gasteiger partial charge in [0.25, 0.3) is 0 Å². The third-order valence-corrected chi connectivity index (χ3v) is 2.63. The monoisotopic (exact) mass is 244 g/mol. The molecule has 5 heteroatoms. The molecular weight excluding hydrogens is 231 g/mol. The molecule has 0 spiro atoms. The zero-order chi connectivity index (χ0) is 12.0. The molecule has 16 heavy (non-hydrogen) atoms. The Morgan fingerprint density at radius 1 is 1.44 bits per heavy atom. The molecule has 0 aliphatic heterocycles. The number of aryl methyl sites for hydroxylation is 1. The van der Waals surface area contributed by atoms with E-state index in [0.717, 1.165) is 11.1 Å². The molecule has 1 aromatic carbocycles. The first kappa shape index (κ1) is 12.8. The van der Waals surface area contributed by atoms with E-state index in [1.165, 1.54) is 0 Å². The number of amides is 2. The smallest absolute Gasteiger partial charge is 0.315 e. The van der Waals surface area contributed by atoms with Crippen molar-refractivity contribution in [1.82, 2.24) is 10.6 Å². The van der Waals surface area contributed by atoms with Crippen LogP contribution >= 0.6 is 11.6 Å². The zero-order valence-electron chi connectivity index (χ0n) is 9.02. The minimum atomic E-state index is -0.571. The highest BCUT2D eigenvalue weighted by atomic mass is 35.5. The van der Waals surface area contributed by atoms with Crippen LogP contribution in [0.25, 0.3) is 0 Å². The lowest BCUT2D eigenvalue weighted by Crippen LogP contribution is -2.36. The van der Waals surface area contributed by atoms with E-state index in [9.17, 15) is 9.18 Å². The maximum Gasteiger partial charge on any atom is 0.315 e. The summed E-state index contributed by atoms with van der Waals surface area (Å²) in [5.41, 5.74) is 1.81. The molecule has 0 bridgehead atoms. The predicted molar refractivity (Wildman–Crippen MR) is 62.4 cm³/mol. The van der Waals surface area contributed by atoms with Crippen molar-refractivity contribution in [2.45, 2.75) is 13.5 Å². The fraction of sp³-hybridized carbons (Fsp3) is 0.364. The number of alkyl halides is 1. The molecule has 3 nitrogen and oxygen atoms in total. The second-order valence-electron chi connectivity index (χ2n) is 3.35. The van der Waals surface area contributed by atoms with E-state index in [4.69, 9.17) is 11.6 Å². The Bertz CT molecular complexity index is 371. The molecule has 0 unspecified atom stereocenters. The molecule has 88 valence electrons. The van der Waals surface area contributed by atoms with Gasteiger partial charge in [-0.05, 0) is 18.1 Å². The second kappa shape index (κ2) is 6.33. The van der Waals surface area contributed by atoms with Gasteiger partial charge in [0.15, 0.2) is 0 Å². The summed E-state index contributed by atoms with van der Waals surface area (Å²) in [6.45, 7) is 1.68. The van der Waals surface area contributed by atoms with Gasteiger partial charge in [0, 0.05) is 18.1 Å². The first-order valence-corrected chi connectivity index (χ1v) is 5.34. The van der Waals surface area contributed by atoms with E-state index < -0.39 is 12.7 Å². The zero-order valence-corrected chi connectivity index (χ0v) is 9.77. The number of hydrogen-bond acceptors (Lipinski definition) is 1. The van der Waals surface area contributed by atoms with Crippen molar-refractivity contribution in [3.63, 3.8) is 0 Å². The first-order chi connectivity index (χ1) is 7.65. The van der Waals surface area contributed by atoms with Crippen molar-refractivity contribution >= 4 is 17.6 Å². The predicted octanol–water partition coefficient (Wildman–Crippen LogP) is 2.42. The molecule has 0 aliphatic carbocycles. The van der Waals surface area contributed by atoms with Crippen molar-refractivity contribution in [3.05, 3.63) is 34.3 Å². The number of carbonyl (C=O) groups is 1. The minimum absolute atomic E-state index is 0.0212. The van der Waals surface area contributed by atoms with Crippen LogP contribution in [0, 0.1) is 6.92 Å². The van der Waals surface area contributed by atoms with Crippen LogP contribution in [0.1, 0.15) is 11.1 Å². The fourth-order valence-corrected chi connectivity index (χ4v) is 1.44. The molecule has 0 fully saturated rings. The lowest BCUT2D eigenvalue weighted by Gasteiger charge is -2.09. The quantitative estimate of drug-likeness (QED) is 0.839. The molecule has 2 N–H and O–H groups in total. The van der Waals surface area contributed by atoms with Crippen LogP contribution in [0.15, 0.2) is 18.2 Å². The van der Waals surface area contributed by atoms with Crippen molar-refractivity contribution < 1.29 is 9.18 Å². The highest BCUT2D eigenvalue weighted by Crippen LogP contribution is 2.19. The lowest BCUT2D eigenvalue weighted by atomic mass is 10.1. The maximum atomic E-state index is 11.8. The first-order valence-electron chi connectivity index (χ1n) is 4.97. The summed E-state index contributed by atoms with van der Waals surface area (Å²) >= 11 is 6.05. The van der Waals surface area contributed by atoms with E-state index in [2.05, 4.69) is 10.6 Å². The van der Waals surface area contributed by atoms with E-state index in [0.29, 0.717) is 11.6 Å². The van der Waals surface area contributed by atoms with E-state index in [1.807, 2.05) is 25.1 Å². The fourth-order valence-electron chi connectivity index (χ4n) is 1.24. The van der Waals surface area contributed by atoms with Gasteiger partial charge in [-0.2, -0.15) is 0 Å². The van der Waals surface area contributed by atoms with Gasteiger partial charge in [-0.3, -0.25) is 0 Å². The number of hydrogen-bond donors (Lipinski definition) is 2. The van der Waals surface area contributed by atoms with Crippen LogP contribution in [0.3, 0.4) is 0 Å². The molecule has 0 heterocycles. The summed E-state index contributed by atoms with van der Waals surface area (Å²) in [4.78, 5) is 11.1. The Labute approximate surface area is 99.0 Å². The van der Waals surface area contributed by atoms with Gasteiger partial charge in [-0.15, -0.1) is 0 Å². The average molecular weight is 245 g/mol. The van der Waals surface area contributed by atoms with Crippen molar-refractivity contribution in [3.8, 4) is 0 Å². The number of rotatable bonds is 4. The van der Waals surface area contributed by atoms with Crippen LogP contribution < -0.4 is 10.6 Å². The Kier molecular flexibility index (Phi) is 5.05. The van der Waals surface area contributed by atoms with Crippen molar-refractivity contribution in [2.24, 2.45) is 0 Å². The molecule has 0 atom stereocenters. The Balaban J connectivity index is 2.48. The largest absolute Gasteiger partial charge is 0.336 e. The number of benzene rings is 1. The normalized spacial score (nSPS) is 9.94. The van der Waals surface area contributed by atoms with Crippen LogP contribution in [0.5, 0.6) is 0 Å². The van der Waals surface area contributed by atoms with Crippen LogP contribution in [0.4, 0.5) is 9.18 Å². The lowest BCUT2D eigenvalue weighted by molar-refractivity contribution is 0.239. The summed E-state index contributed by atoms with van der Waals surface area (Å²) < 4.78 is 11.8. The summed E-state index contributed by atoms with van der Waals surface area (Å²) in [5, 5.41) is 5.62. The molecular formula is C11H14ClFN2O. The number of nitrogens with one attached hydrogen (secondary N) is 2. The second-order valence-corrected chi connectivity index (χ2v) is 3.72. The molecule has 1 rings (SSSR count). The molecule has 0 saturated heterocycles. The number of urea groups is 1. The van der Waals surface area contributed by atoms with E-state index in [1.54, 1.807) is 0 Å². The Morgan fingerprint density at radius 3 is 2.88 bits per heavy atom. The molecule has 0 radical (unpaired) electrons.